The van der Waals surface area contributed by atoms with E-state index < -0.39 is 33.1 Å². The first-order valence-corrected chi connectivity index (χ1v) is 12.5. The normalized spacial score (nSPS) is 16.2. The average Bonchev–Trinajstić information content (AvgIpc) is 2.88. The minimum Gasteiger partial charge on any atom is -0.593 e. The largest absolute Gasteiger partial charge is 0.593 e. The number of hydrogen-bond acceptors (Lipinski definition) is 5. The van der Waals surface area contributed by atoms with Crippen LogP contribution < -0.4 is 4.72 Å². The second-order valence-electron chi connectivity index (χ2n) is 8.30. The number of nitriles is 1. The number of nitrogens with zero attached hydrogens (tertiary/aromatic N) is 3. The Labute approximate surface area is 207 Å². The lowest BCUT2D eigenvalue weighted by atomic mass is 10.0. The number of nitrogens with one attached hydrogen (secondary N) is 1. The fourth-order valence-corrected chi connectivity index (χ4v) is 5.36. The van der Waals surface area contributed by atoms with Gasteiger partial charge in [-0.3, -0.25) is 9.78 Å². The summed E-state index contributed by atoms with van der Waals surface area (Å²) in [7, 11) is -4.15. The molecule has 4 rings (SSSR count). The van der Waals surface area contributed by atoms with Crippen LogP contribution in [0, 0.1) is 11.3 Å². The molecule has 2 heterocycles. The van der Waals surface area contributed by atoms with Gasteiger partial charge in [0.25, 0.3) is 5.91 Å². The van der Waals surface area contributed by atoms with Crippen molar-refractivity contribution in [3.8, 4) is 17.3 Å². The molecule has 1 N–H and O–H groups in total. The van der Waals surface area contributed by atoms with Gasteiger partial charge in [-0.2, -0.15) is 18.4 Å². The van der Waals surface area contributed by atoms with E-state index in [9.17, 15) is 32.0 Å². The quantitative estimate of drug-likeness (QED) is 0.507. The molecule has 0 saturated carbocycles. The Morgan fingerprint density at radius 3 is 2.44 bits per heavy atom. The molecule has 7 nitrogen and oxygen atoms in total. The van der Waals surface area contributed by atoms with Crippen LogP contribution >= 0.6 is 0 Å². The van der Waals surface area contributed by atoms with Crippen molar-refractivity contribution >= 4 is 16.3 Å². The molecule has 1 saturated heterocycles. The third-order valence-electron chi connectivity index (χ3n) is 5.91. The van der Waals surface area contributed by atoms with Gasteiger partial charge in [0.1, 0.15) is 6.07 Å². The lowest BCUT2D eigenvalue weighted by Crippen LogP contribution is -2.48. The summed E-state index contributed by atoms with van der Waals surface area (Å²) in [4.78, 5) is 18.3. The maximum Gasteiger partial charge on any atom is 0.416 e. The number of carbonyl (C=O) groups excluding carboxylic acids is 1. The number of carbonyl (C=O) groups is 1. The van der Waals surface area contributed by atoms with Gasteiger partial charge < -0.3 is 9.45 Å². The summed E-state index contributed by atoms with van der Waals surface area (Å²) < 4.78 is 66.6. The average molecular weight is 515 g/mol. The highest BCUT2D eigenvalue weighted by molar-refractivity contribution is 7.95. The van der Waals surface area contributed by atoms with Crippen molar-refractivity contribution in [3.63, 3.8) is 0 Å². The van der Waals surface area contributed by atoms with E-state index in [0.717, 1.165) is 18.2 Å². The van der Waals surface area contributed by atoms with E-state index in [1.165, 1.54) is 0 Å². The van der Waals surface area contributed by atoms with Gasteiger partial charge in [-0.1, -0.05) is 22.4 Å². The summed E-state index contributed by atoms with van der Waals surface area (Å²) in [5.41, 5.74) is 1.05. The van der Waals surface area contributed by atoms with Crippen molar-refractivity contribution in [2.45, 2.75) is 30.0 Å². The van der Waals surface area contributed by atoms with E-state index in [-0.39, 0.29) is 19.0 Å². The van der Waals surface area contributed by atoms with E-state index in [0.29, 0.717) is 41.3 Å². The molecule has 0 spiro atoms. The Bertz CT molecular complexity index is 1350. The molecule has 1 unspecified atom stereocenters. The van der Waals surface area contributed by atoms with Crippen LogP contribution in [0.2, 0.25) is 0 Å². The van der Waals surface area contributed by atoms with Crippen LogP contribution in [0.4, 0.5) is 13.2 Å². The maximum atomic E-state index is 12.9. The predicted molar refractivity (Wildman–Crippen MR) is 125 cm³/mol. The first-order chi connectivity index (χ1) is 17.1. The summed E-state index contributed by atoms with van der Waals surface area (Å²) in [6.45, 7) is 0.574. The van der Waals surface area contributed by atoms with Gasteiger partial charge >= 0.3 is 6.18 Å². The van der Waals surface area contributed by atoms with Crippen LogP contribution in [0.1, 0.15) is 34.3 Å². The van der Waals surface area contributed by atoms with Crippen LogP contribution in [0.25, 0.3) is 11.3 Å². The highest BCUT2D eigenvalue weighted by Crippen LogP contribution is 2.31. The summed E-state index contributed by atoms with van der Waals surface area (Å²) in [5, 5.41) is 9.26. The SMILES string of the molecule is N#Cc1cccnc1-c1ccc(C(=O)N2CCC(N[S+](=O)([O-])c3cccc(C(F)(F)F)c3)CC2)cc1. The van der Waals surface area contributed by atoms with Gasteiger partial charge in [0.2, 0.25) is 0 Å². The highest BCUT2D eigenvalue weighted by atomic mass is 32.3. The molecule has 36 heavy (non-hydrogen) atoms. The van der Waals surface area contributed by atoms with E-state index in [4.69, 9.17) is 0 Å². The van der Waals surface area contributed by atoms with Gasteiger partial charge in [0, 0.05) is 36.5 Å². The van der Waals surface area contributed by atoms with Crippen LogP contribution in [-0.4, -0.2) is 39.5 Å². The van der Waals surface area contributed by atoms with Gasteiger partial charge in [0.05, 0.1) is 22.9 Å². The zero-order valence-corrected chi connectivity index (χ0v) is 19.7. The van der Waals surface area contributed by atoms with Crippen molar-refractivity contribution in [1.82, 2.24) is 14.6 Å². The molecule has 0 aliphatic carbocycles. The van der Waals surface area contributed by atoms with Crippen LogP contribution in [0.15, 0.2) is 71.8 Å². The molecule has 0 radical (unpaired) electrons. The molecule has 1 fully saturated rings. The smallest absolute Gasteiger partial charge is 0.416 e. The minimum atomic E-state index is -4.65. The first kappa shape index (κ1) is 25.5. The summed E-state index contributed by atoms with van der Waals surface area (Å²) in [6, 6.07) is 15.2. The summed E-state index contributed by atoms with van der Waals surface area (Å²) in [6.07, 6.45) is -2.42. The van der Waals surface area contributed by atoms with Gasteiger partial charge in [0.15, 0.2) is 15.3 Å². The Morgan fingerprint density at radius 1 is 1.11 bits per heavy atom. The highest BCUT2D eigenvalue weighted by Gasteiger charge is 2.34. The van der Waals surface area contributed by atoms with Crippen LogP contribution in [0.3, 0.4) is 0 Å². The van der Waals surface area contributed by atoms with Crippen molar-refractivity contribution in [3.05, 3.63) is 83.6 Å². The number of benzene rings is 2. The molecule has 0 bridgehead atoms. The van der Waals surface area contributed by atoms with Crippen molar-refractivity contribution in [2.24, 2.45) is 0 Å². The van der Waals surface area contributed by atoms with Gasteiger partial charge in [-0.25, -0.2) is 0 Å². The fourth-order valence-electron chi connectivity index (χ4n) is 4.01. The number of amides is 1. The number of rotatable bonds is 5. The molecule has 1 atom stereocenters. The van der Waals surface area contributed by atoms with Gasteiger partial charge in [-0.05, 0) is 49.2 Å². The topological polar surface area (TPSA) is 109 Å². The fraction of sp³-hybridized carbons (Fsp3) is 0.240. The lowest BCUT2D eigenvalue weighted by molar-refractivity contribution is -0.137. The lowest BCUT2D eigenvalue weighted by Gasteiger charge is -2.33. The summed E-state index contributed by atoms with van der Waals surface area (Å²) >= 11 is 0. The van der Waals surface area contributed by atoms with E-state index >= 15 is 0 Å². The molecular formula is C25H21F3N4O3S. The maximum absolute atomic E-state index is 12.9. The Balaban J connectivity index is 1.38. The molecule has 1 amide bonds. The standard InChI is InChI=1S/C25H21F3N4O3S/c26-25(27,28)20-4-1-5-22(15-20)36(34,35)31-21-10-13-32(14-11-21)24(33)18-8-6-17(7-9-18)23-19(16-29)3-2-12-30-23/h1-9,12,15,21H,10-11,13-14H2,(H-,31,34,35). The third-order valence-corrected chi connectivity index (χ3v) is 7.43. The zero-order chi connectivity index (χ0) is 25.9. The predicted octanol–water partition coefficient (Wildman–Crippen LogP) is 4.44. The van der Waals surface area contributed by atoms with Crippen LogP contribution in [0.5, 0.6) is 0 Å². The molecule has 186 valence electrons. The Kier molecular flexibility index (Phi) is 7.21. The molecular weight excluding hydrogens is 493 g/mol. The minimum absolute atomic E-state index is 0.220. The van der Waals surface area contributed by atoms with E-state index in [1.54, 1.807) is 47.5 Å². The Hall–Kier alpha value is -3.59. The second kappa shape index (κ2) is 10.2. The molecule has 11 heteroatoms. The monoisotopic (exact) mass is 514 g/mol. The van der Waals surface area contributed by atoms with E-state index in [2.05, 4.69) is 15.8 Å². The van der Waals surface area contributed by atoms with Crippen LogP contribution in [-0.2, 0) is 20.8 Å². The van der Waals surface area contributed by atoms with E-state index in [1.807, 2.05) is 0 Å². The Morgan fingerprint density at radius 2 is 1.81 bits per heavy atom. The molecule has 2 aromatic carbocycles. The van der Waals surface area contributed by atoms with Gasteiger partial charge in [-0.15, -0.1) is 4.72 Å². The van der Waals surface area contributed by atoms with Crippen molar-refractivity contribution < 1.29 is 26.7 Å². The molecule has 1 aromatic heterocycles. The molecule has 3 aromatic rings. The number of sulfonamides is 1. The number of pyridine rings is 1. The number of halogens is 3. The zero-order valence-electron chi connectivity index (χ0n) is 18.9. The number of likely N-dealkylation sites (tertiary alicyclic amines) is 1. The first-order valence-electron chi connectivity index (χ1n) is 11.0. The number of alkyl halides is 3. The molecule has 1 aliphatic heterocycles. The summed E-state index contributed by atoms with van der Waals surface area (Å²) in [5.74, 6) is -0.220. The third kappa shape index (κ3) is 5.62. The van der Waals surface area contributed by atoms with Crippen molar-refractivity contribution in [1.29, 1.82) is 5.26 Å². The number of piperidine rings is 1. The molecule has 1 aliphatic rings. The number of aromatic nitrogens is 1. The second-order valence-corrected chi connectivity index (χ2v) is 10.0. The number of hydrogen-bond donors (Lipinski definition) is 1. The van der Waals surface area contributed by atoms with Crippen molar-refractivity contribution in [2.75, 3.05) is 13.1 Å².